The van der Waals surface area contributed by atoms with Crippen molar-refractivity contribution in [2.24, 2.45) is 11.8 Å². The third-order valence-corrected chi connectivity index (χ3v) is 8.10. The number of nitrogens with zero attached hydrogens (tertiary/aromatic N) is 2. The molecule has 2 aliphatic rings. The number of benzene rings is 1. The van der Waals surface area contributed by atoms with Gasteiger partial charge in [0.2, 0.25) is 10.0 Å². The van der Waals surface area contributed by atoms with Crippen molar-refractivity contribution < 1.29 is 8.42 Å². The Morgan fingerprint density at radius 3 is 2.19 bits per heavy atom. The first-order chi connectivity index (χ1) is 12.7. The standard InChI is InChI=1S/C22H36N2O2S/c1-18-6-5-13-23(16-18)17-19-11-14-24(15-12-19)27(25,26)21-9-7-20(8-10-21)22(2,3)4/h7-10,18-19H,5-6,11-17H2,1-4H3. The summed E-state index contributed by atoms with van der Waals surface area (Å²) in [7, 11) is -3.37. The second kappa shape index (κ2) is 8.22. The summed E-state index contributed by atoms with van der Waals surface area (Å²) in [6.07, 6.45) is 4.61. The van der Waals surface area contributed by atoms with Gasteiger partial charge in [-0.2, -0.15) is 4.31 Å². The molecule has 2 aliphatic heterocycles. The highest BCUT2D eigenvalue weighted by Gasteiger charge is 2.31. The Bertz CT molecular complexity index is 714. The van der Waals surface area contributed by atoms with Crippen LogP contribution in [-0.4, -0.2) is 50.3 Å². The highest BCUT2D eigenvalue weighted by Crippen LogP contribution is 2.28. The van der Waals surface area contributed by atoms with Crippen LogP contribution in [0.25, 0.3) is 0 Å². The first-order valence-corrected chi connectivity index (χ1v) is 11.9. The minimum Gasteiger partial charge on any atom is -0.303 e. The number of sulfonamides is 1. The molecule has 1 unspecified atom stereocenters. The van der Waals surface area contributed by atoms with Crippen molar-refractivity contribution in [3.8, 4) is 0 Å². The van der Waals surface area contributed by atoms with Gasteiger partial charge in [-0.05, 0) is 67.2 Å². The minimum absolute atomic E-state index is 0.0343. The van der Waals surface area contributed by atoms with Crippen LogP contribution in [0.15, 0.2) is 29.2 Å². The van der Waals surface area contributed by atoms with E-state index in [1.165, 1.54) is 25.9 Å². The molecule has 0 aliphatic carbocycles. The number of piperidine rings is 2. The van der Waals surface area contributed by atoms with Crippen molar-refractivity contribution in [3.63, 3.8) is 0 Å². The molecule has 0 radical (unpaired) electrons. The highest BCUT2D eigenvalue weighted by atomic mass is 32.2. The molecule has 1 aromatic rings. The van der Waals surface area contributed by atoms with Gasteiger partial charge in [0, 0.05) is 26.2 Å². The molecule has 27 heavy (non-hydrogen) atoms. The van der Waals surface area contributed by atoms with Gasteiger partial charge >= 0.3 is 0 Å². The van der Waals surface area contributed by atoms with Crippen LogP contribution >= 0.6 is 0 Å². The van der Waals surface area contributed by atoms with Crippen LogP contribution in [-0.2, 0) is 15.4 Å². The molecule has 1 aromatic carbocycles. The first-order valence-electron chi connectivity index (χ1n) is 10.5. The number of rotatable bonds is 4. The zero-order valence-corrected chi connectivity index (χ0v) is 18.3. The summed E-state index contributed by atoms with van der Waals surface area (Å²) in [5.74, 6) is 1.43. The van der Waals surface area contributed by atoms with Gasteiger partial charge in [0.05, 0.1) is 4.90 Å². The van der Waals surface area contributed by atoms with Gasteiger partial charge in [0.1, 0.15) is 0 Å². The summed E-state index contributed by atoms with van der Waals surface area (Å²) >= 11 is 0. The largest absolute Gasteiger partial charge is 0.303 e. The van der Waals surface area contributed by atoms with Crippen LogP contribution in [0.5, 0.6) is 0 Å². The van der Waals surface area contributed by atoms with E-state index in [1.54, 1.807) is 16.4 Å². The van der Waals surface area contributed by atoms with Crippen LogP contribution in [0.4, 0.5) is 0 Å². The van der Waals surface area contributed by atoms with Crippen molar-refractivity contribution in [2.75, 3.05) is 32.7 Å². The van der Waals surface area contributed by atoms with E-state index in [4.69, 9.17) is 0 Å². The Kier molecular flexibility index (Phi) is 6.34. The smallest absolute Gasteiger partial charge is 0.243 e. The monoisotopic (exact) mass is 392 g/mol. The normalized spacial score (nSPS) is 24.2. The SMILES string of the molecule is CC1CCCN(CC2CCN(S(=O)(=O)c3ccc(C(C)(C)C)cc3)CC2)C1. The van der Waals surface area contributed by atoms with Crippen molar-refractivity contribution in [3.05, 3.63) is 29.8 Å². The third-order valence-electron chi connectivity index (χ3n) is 6.19. The van der Waals surface area contributed by atoms with Crippen LogP contribution < -0.4 is 0 Å². The van der Waals surface area contributed by atoms with Crippen molar-refractivity contribution in [1.82, 2.24) is 9.21 Å². The Morgan fingerprint density at radius 2 is 1.63 bits per heavy atom. The average Bonchev–Trinajstić information content (AvgIpc) is 2.62. The summed E-state index contributed by atoms with van der Waals surface area (Å²) in [6, 6.07) is 7.46. The van der Waals surface area contributed by atoms with E-state index in [0.717, 1.165) is 30.9 Å². The second-order valence-electron chi connectivity index (χ2n) is 9.63. The van der Waals surface area contributed by atoms with E-state index in [9.17, 15) is 8.42 Å². The van der Waals surface area contributed by atoms with Gasteiger partial charge in [-0.25, -0.2) is 8.42 Å². The lowest BCUT2D eigenvalue weighted by atomic mass is 9.87. The average molecular weight is 393 g/mol. The fourth-order valence-corrected chi connectivity index (χ4v) is 5.90. The molecule has 2 heterocycles. The Morgan fingerprint density at radius 1 is 1.00 bits per heavy atom. The van der Waals surface area contributed by atoms with Gasteiger partial charge in [0.15, 0.2) is 0 Å². The molecule has 0 saturated carbocycles. The number of likely N-dealkylation sites (tertiary alicyclic amines) is 1. The van der Waals surface area contributed by atoms with Gasteiger partial charge in [-0.3, -0.25) is 0 Å². The third kappa shape index (κ3) is 5.12. The Labute approximate surface area is 166 Å². The number of hydrogen-bond donors (Lipinski definition) is 0. The second-order valence-corrected chi connectivity index (χ2v) is 11.6. The van der Waals surface area contributed by atoms with Gasteiger partial charge in [-0.15, -0.1) is 0 Å². The maximum absolute atomic E-state index is 13.0. The quantitative estimate of drug-likeness (QED) is 0.774. The van der Waals surface area contributed by atoms with Crippen molar-refractivity contribution >= 4 is 10.0 Å². The van der Waals surface area contributed by atoms with Crippen LogP contribution in [0, 0.1) is 11.8 Å². The molecule has 0 N–H and O–H groups in total. The number of hydrogen-bond acceptors (Lipinski definition) is 3. The Balaban J connectivity index is 1.58. The summed E-state index contributed by atoms with van der Waals surface area (Å²) in [4.78, 5) is 3.02. The topological polar surface area (TPSA) is 40.6 Å². The van der Waals surface area contributed by atoms with E-state index in [1.807, 2.05) is 12.1 Å². The van der Waals surface area contributed by atoms with Crippen molar-refractivity contribution in [1.29, 1.82) is 0 Å². The lowest BCUT2D eigenvalue weighted by molar-refractivity contribution is 0.136. The van der Waals surface area contributed by atoms with E-state index < -0.39 is 10.0 Å². The summed E-state index contributed by atoms with van der Waals surface area (Å²) in [5, 5.41) is 0. The predicted octanol–water partition coefficient (Wildman–Crippen LogP) is 4.12. The molecule has 0 aromatic heterocycles. The molecule has 2 saturated heterocycles. The molecule has 2 fully saturated rings. The predicted molar refractivity (Wildman–Crippen MR) is 111 cm³/mol. The maximum Gasteiger partial charge on any atom is 0.243 e. The summed E-state index contributed by atoms with van der Waals surface area (Å²) in [6.45, 7) is 13.6. The Hall–Kier alpha value is -0.910. The molecular formula is C22H36N2O2S. The zero-order valence-electron chi connectivity index (χ0n) is 17.4. The maximum atomic E-state index is 13.0. The van der Waals surface area contributed by atoms with E-state index >= 15 is 0 Å². The molecule has 0 bridgehead atoms. The van der Waals surface area contributed by atoms with E-state index in [0.29, 0.717) is 23.9 Å². The van der Waals surface area contributed by atoms with Crippen LogP contribution in [0.2, 0.25) is 0 Å². The molecule has 5 heteroatoms. The van der Waals surface area contributed by atoms with Crippen LogP contribution in [0.1, 0.15) is 58.9 Å². The summed E-state index contributed by atoms with van der Waals surface area (Å²) in [5.41, 5.74) is 1.20. The zero-order chi connectivity index (χ0) is 19.7. The highest BCUT2D eigenvalue weighted by molar-refractivity contribution is 7.89. The lowest BCUT2D eigenvalue weighted by Crippen LogP contribution is -2.43. The summed E-state index contributed by atoms with van der Waals surface area (Å²) < 4.78 is 27.7. The van der Waals surface area contributed by atoms with E-state index in [2.05, 4.69) is 32.6 Å². The van der Waals surface area contributed by atoms with E-state index in [-0.39, 0.29) is 5.41 Å². The molecule has 1 atom stereocenters. The molecule has 0 amide bonds. The fourth-order valence-electron chi connectivity index (χ4n) is 4.43. The minimum atomic E-state index is -3.37. The fraction of sp³-hybridized carbons (Fsp3) is 0.727. The molecule has 0 spiro atoms. The van der Waals surface area contributed by atoms with Gasteiger partial charge in [-0.1, -0.05) is 39.8 Å². The molecular weight excluding hydrogens is 356 g/mol. The molecule has 3 rings (SSSR count). The first kappa shape index (κ1) is 20.8. The lowest BCUT2D eigenvalue weighted by Gasteiger charge is -2.37. The van der Waals surface area contributed by atoms with Crippen molar-refractivity contribution in [2.45, 2.75) is 63.7 Å². The molecule has 4 nitrogen and oxygen atoms in total. The van der Waals surface area contributed by atoms with Crippen LogP contribution in [0.3, 0.4) is 0 Å². The van der Waals surface area contributed by atoms with Gasteiger partial charge < -0.3 is 4.90 Å². The van der Waals surface area contributed by atoms with Gasteiger partial charge in [0.25, 0.3) is 0 Å². The molecule has 152 valence electrons.